The van der Waals surface area contributed by atoms with Crippen LogP contribution in [0.3, 0.4) is 0 Å². The van der Waals surface area contributed by atoms with Gasteiger partial charge in [0.15, 0.2) is 0 Å². The number of hydrogen-bond donors (Lipinski definition) is 0. The summed E-state index contributed by atoms with van der Waals surface area (Å²) in [4.78, 5) is 2.68. The van der Waals surface area contributed by atoms with Crippen LogP contribution in [0.2, 0.25) is 0 Å². The lowest BCUT2D eigenvalue weighted by Crippen LogP contribution is -2.34. The van der Waals surface area contributed by atoms with Gasteiger partial charge in [-0.3, -0.25) is 0 Å². The molecule has 0 N–H and O–H groups in total. The molecular formula is C13H26BrN. The van der Waals surface area contributed by atoms with Crippen LogP contribution in [0.25, 0.3) is 0 Å². The summed E-state index contributed by atoms with van der Waals surface area (Å²) in [6.07, 6.45) is 4.24. The Morgan fingerprint density at radius 3 is 2.40 bits per heavy atom. The average Bonchev–Trinajstić information content (AvgIpc) is 2.97. The van der Waals surface area contributed by atoms with Gasteiger partial charge in [0.2, 0.25) is 0 Å². The molecule has 1 aliphatic carbocycles. The van der Waals surface area contributed by atoms with E-state index in [1.807, 2.05) is 0 Å². The number of nitrogens with zero attached hydrogens (tertiary/aromatic N) is 1. The van der Waals surface area contributed by atoms with Gasteiger partial charge in [-0.15, -0.1) is 0 Å². The van der Waals surface area contributed by atoms with E-state index >= 15 is 0 Å². The molecule has 15 heavy (non-hydrogen) atoms. The van der Waals surface area contributed by atoms with E-state index in [2.05, 4.69) is 41.6 Å². The first kappa shape index (κ1) is 13.5. The molecule has 0 radical (unpaired) electrons. The third-order valence-corrected chi connectivity index (χ3v) is 4.22. The molecule has 2 heteroatoms. The van der Waals surface area contributed by atoms with E-state index in [-0.39, 0.29) is 0 Å². The molecule has 0 spiro atoms. The lowest BCUT2D eigenvalue weighted by atomic mass is 9.97. The molecule has 0 aliphatic heterocycles. The van der Waals surface area contributed by atoms with Crippen molar-refractivity contribution in [2.75, 3.05) is 25.0 Å². The maximum Gasteiger partial charge on any atom is 0.00743 e. The van der Waals surface area contributed by atoms with Crippen LogP contribution in [0.4, 0.5) is 0 Å². The van der Waals surface area contributed by atoms with Crippen LogP contribution in [0.5, 0.6) is 0 Å². The van der Waals surface area contributed by atoms with E-state index in [4.69, 9.17) is 0 Å². The van der Waals surface area contributed by atoms with E-state index < -0.39 is 0 Å². The molecule has 0 saturated heterocycles. The molecule has 90 valence electrons. The molecule has 0 aromatic rings. The standard InChI is InChI=1S/C13H26BrN/c1-4-7-15(9-12-5-6-12)10-13(8-14)11(2)3/h11-13H,4-10H2,1-3H3. The average molecular weight is 276 g/mol. The molecule has 1 nitrogen and oxygen atoms in total. The van der Waals surface area contributed by atoms with Crippen molar-refractivity contribution >= 4 is 15.9 Å². The molecule has 0 aromatic heterocycles. The summed E-state index contributed by atoms with van der Waals surface area (Å²) in [5, 5.41) is 1.15. The van der Waals surface area contributed by atoms with Crippen molar-refractivity contribution < 1.29 is 0 Å². The Bertz CT molecular complexity index is 166. The van der Waals surface area contributed by atoms with Gasteiger partial charge in [0.05, 0.1) is 0 Å². The second kappa shape index (κ2) is 6.90. The summed E-state index contributed by atoms with van der Waals surface area (Å²) in [7, 11) is 0. The number of halogens is 1. The predicted octanol–water partition coefficient (Wildman–Crippen LogP) is 3.78. The van der Waals surface area contributed by atoms with Gasteiger partial charge in [-0.05, 0) is 43.6 Å². The van der Waals surface area contributed by atoms with Gasteiger partial charge in [0.1, 0.15) is 0 Å². The molecule has 1 fully saturated rings. The van der Waals surface area contributed by atoms with Gasteiger partial charge in [0.25, 0.3) is 0 Å². The molecular weight excluding hydrogens is 250 g/mol. The SMILES string of the molecule is CCCN(CC1CC1)CC(CBr)C(C)C. The summed E-state index contributed by atoms with van der Waals surface area (Å²) >= 11 is 3.65. The van der Waals surface area contributed by atoms with Crippen LogP contribution in [-0.2, 0) is 0 Å². The van der Waals surface area contributed by atoms with Crippen molar-refractivity contribution in [3.63, 3.8) is 0 Å². The fraction of sp³-hybridized carbons (Fsp3) is 1.00. The summed E-state index contributed by atoms with van der Waals surface area (Å²) in [6, 6.07) is 0. The summed E-state index contributed by atoms with van der Waals surface area (Å²) in [5.41, 5.74) is 0. The fourth-order valence-corrected chi connectivity index (χ4v) is 2.96. The number of rotatable bonds is 8. The van der Waals surface area contributed by atoms with Gasteiger partial charge < -0.3 is 4.90 Å². The Balaban J connectivity index is 2.32. The highest BCUT2D eigenvalue weighted by molar-refractivity contribution is 9.09. The zero-order chi connectivity index (χ0) is 11.3. The Labute approximate surface area is 104 Å². The first-order valence-electron chi connectivity index (χ1n) is 6.45. The molecule has 1 unspecified atom stereocenters. The molecule has 1 atom stereocenters. The van der Waals surface area contributed by atoms with E-state index in [0.717, 1.165) is 23.1 Å². The first-order chi connectivity index (χ1) is 7.17. The smallest absolute Gasteiger partial charge is 0.00743 e. The second-order valence-corrected chi connectivity index (χ2v) is 6.01. The quantitative estimate of drug-likeness (QED) is 0.610. The van der Waals surface area contributed by atoms with Crippen molar-refractivity contribution in [3.8, 4) is 0 Å². The highest BCUT2D eigenvalue weighted by atomic mass is 79.9. The lowest BCUT2D eigenvalue weighted by molar-refractivity contribution is 0.207. The molecule has 1 rings (SSSR count). The van der Waals surface area contributed by atoms with E-state index in [0.29, 0.717) is 0 Å². The summed E-state index contributed by atoms with van der Waals surface area (Å²) in [5.74, 6) is 2.64. The van der Waals surface area contributed by atoms with Gasteiger partial charge in [-0.2, -0.15) is 0 Å². The van der Waals surface area contributed by atoms with Crippen LogP contribution in [-0.4, -0.2) is 29.9 Å². The maximum atomic E-state index is 3.65. The molecule has 0 aromatic carbocycles. The molecule has 0 amide bonds. The Morgan fingerprint density at radius 2 is 2.00 bits per heavy atom. The van der Waals surface area contributed by atoms with Crippen LogP contribution >= 0.6 is 15.9 Å². The Morgan fingerprint density at radius 1 is 1.33 bits per heavy atom. The lowest BCUT2D eigenvalue weighted by Gasteiger charge is -2.28. The zero-order valence-electron chi connectivity index (χ0n) is 10.5. The fourth-order valence-electron chi connectivity index (χ4n) is 2.01. The van der Waals surface area contributed by atoms with Crippen LogP contribution in [0, 0.1) is 17.8 Å². The molecule has 1 aliphatic rings. The molecule has 0 bridgehead atoms. The highest BCUT2D eigenvalue weighted by Gasteiger charge is 2.25. The van der Waals surface area contributed by atoms with Crippen molar-refractivity contribution in [3.05, 3.63) is 0 Å². The Hall–Kier alpha value is 0.440. The van der Waals surface area contributed by atoms with Crippen molar-refractivity contribution in [2.45, 2.75) is 40.0 Å². The van der Waals surface area contributed by atoms with Gasteiger partial charge >= 0.3 is 0 Å². The monoisotopic (exact) mass is 275 g/mol. The van der Waals surface area contributed by atoms with E-state index in [1.54, 1.807) is 0 Å². The Kier molecular flexibility index (Phi) is 6.21. The normalized spacial score (nSPS) is 18.8. The van der Waals surface area contributed by atoms with Crippen molar-refractivity contribution in [1.82, 2.24) is 4.90 Å². The molecule has 0 heterocycles. The third kappa shape index (κ3) is 5.35. The summed E-state index contributed by atoms with van der Waals surface area (Å²) in [6.45, 7) is 10.9. The van der Waals surface area contributed by atoms with Crippen LogP contribution in [0.1, 0.15) is 40.0 Å². The molecule has 1 saturated carbocycles. The maximum absolute atomic E-state index is 3.65. The minimum atomic E-state index is 0.794. The van der Waals surface area contributed by atoms with Gasteiger partial charge in [-0.25, -0.2) is 0 Å². The van der Waals surface area contributed by atoms with Crippen LogP contribution in [0.15, 0.2) is 0 Å². The van der Waals surface area contributed by atoms with Gasteiger partial charge in [0, 0.05) is 18.4 Å². The predicted molar refractivity (Wildman–Crippen MR) is 71.6 cm³/mol. The topological polar surface area (TPSA) is 3.24 Å². The number of alkyl halides is 1. The van der Waals surface area contributed by atoms with Gasteiger partial charge in [-0.1, -0.05) is 36.7 Å². The summed E-state index contributed by atoms with van der Waals surface area (Å²) < 4.78 is 0. The largest absolute Gasteiger partial charge is 0.303 e. The third-order valence-electron chi connectivity index (χ3n) is 3.39. The van der Waals surface area contributed by atoms with Crippen LogP contribution < -0.4 is 0 Å². The second-order valence-electron chi connectivity index (χ2n) is 5.36. The minimum Gasteiger partial charge on any atom is -0.303 e. The van der Waals surface area contributed by atoms with E-state index in [9.17, 15) is 0 Å². The first-order valence-corrected chi connectivity index (χ1v) is 7.57. The highest BCUT2D eigenvalue weighted by Crippen LogP contribution is 2.30. The van der Waals surface area contributed by atoms with E-state index in [1.165, 1.54) is 38.9 Å². The van der Waals surface area contributed by atoms with Crippen molar-refractivity contribution in [1.29, 1.82) is 0 Å². The minimum absolute atomic E-state index is 0.794. The number of hydrogen-bond acceptors (Lipinski definition) is 1. The van der Waals surface area contributed by atoms with Crippen molar-refractivity contribution in [2.24, 2.45) is 17.8 Å². The zero-order valence-corrected chi connectivity index (χ0v) is 12.1.